The molecular weight excluding hydrogens is 344 g/mol. The molecule has 1 aromatic heterocycles. The van der Waals surface area contributed by atoms with E-state index in [4.69, 9.17) is 0 Å². The van der Waals surface area contributed by atoms with Crippen molar-refractivity contribution in [3.8, 4) is 11.4 Å². The zero-order valence-electron chi connectivity index (χ0n) is 15.2. The number of hydrogen-bond acceptors (Lipinski definition) is 4. The van der Waals surface area contributed by atoms with Gasteiger partial charge in [-0.15, -0.1) is 10.2 Å². The summed E-state index contributed by atoms with van der Waals surface area (Å²) in [5.41, 5.74) is 1.90. The second-order valence-electron chi connectivity index (χ2n) is 5.91. The highest BCUT2D eigenvalue weighted by Gasteiger charge is 2.23. The van der Waals surface area contributed by atoms with Crippen molar-refractivity contribution >= 4 is 23.4 Å². The predicted molar refractivity (Wildman–Crippen MR) is 106 cm³/mol. The summed E-state index contributed by atoms with van der Waals surface area (Å²) in [6, 6.07) is 19.6. The van der Waals surface area contributed by atoms with Crippen molar-refractivity contribution in [1.82, 2.24) is 14.8 Å². The summed E-state index contributed by atoms with van der Waals surface area (Å²) in [7, 11) is 1.80. The van der Waals surface area contributed by atoms with Gasteiger partial charge in [0.2, 0.25) is 5.91 Å². The molecule has 0 radical (unpaired) electrons. The molecule has 0 aliphatic carbocycles. The molecule has 1 amide bonds. The fraction of sp³-hybridized carbons (Fsp3) is 0.250. The number of aromatic nitrogens is 3. The zero-order valence-corrected chi connectivity index (χ0v) is 16.0. The molecular formula is C20H22N4OS. The molecule has 26 heavy (non-hydrogen) atoms. The standard InChI is InChI=1S/C20H22N4OS/c1-4-24-18(16-11-7-5-8-12-16)21-22-20(24)26-15(2)19(25)23(3)17-13-9-6-10-14-17/h5-15H,4H2,1-3H3. The highest BCUT2D eigenvalue weighted by Crippen LogP contribution is 2.28. The van der Waals surface area contributed by atoms with Crippen LogP contribution < -0.4 is 4.90 Å². The maximum Gasteiger partial charge on any atom is 0.240 e. The summed E-state index contributed by atoms with van der Waals surface area (Å²) in [5, 5.41) is 9.16. The quantitative estimate of drug-likeness (QED) is 0.616. The van der Waals surface area contributed by atoms with Gasteiger partial charge in [0, 0.05) is 24.8 Å². The van der Waals surface area contributed by atoms with Gasteiger partial charge in [0.05, 0.1) is 5.25 Å². The van der Waals surface area contributed by atoms with Gasteiger partial charge in [-0.3, -0.25) is 4.79 Å². The van der Waals surface area contributed by atoms with Crippen molar-refractivity contribution < 1.29 is 4.79 Å². The minimum Gasteiger partial charge on any atom is -0.315 e. The second-order valence-corrected chi connectivity index (χ2v) is 7.22. The third-order valence-corrected chi connectivity index (χ3v) is 5.24. The predicted octanol–water partition coefficient (Wildman–Crippen LogP) is 4.11. The lowest BCUT2D eigenvalue weighted by molar-refractivity contribution is -0.117. The van der Waals surface area contributed by atoms with Gasteiger partial charge in [-0.1, -0.05) is 60.3 Å². The molecule has 2 aromatic carbocycles. The van der Waals surface area contributed by atoms with Crippen LogP contribution in [-0.4, -0.2) is 33.0 Å². The van der Waals surface area contributed by atoms with Crippen molar-refractivity contribution in [3.63, 3.8) is 0 Å². The van der Waals surface area contributed by atoms with Crippen molar-refractivity contribution in [2.24, 2.45) is 0 Å². The SMILES string of the molecule is CCn1c(SC(C)C(=O)N(C)c2ccccc2)nnc1-c1ccccc1. The third-order valence-electron chi connectivity index (χ3n) is 4.17. The molecule has 6 heteroatoms. The number of rotatable bonds is 6. The summed E-state index contributed by atoms with van der Waals surface area (Å²) in [6.45, 7) is 4.71. The van der Waals surface area contributed by atoms with Crippen LogP contribution in [0.2, 0.25) is 0 Å². The Balaban J connectivity index is 1.78. The van der Waals surface area contributed by atoms with Gasteiger partial charge in [-0.25, -0.2) is 0 Å². The van der Waals surface area contributed by atoms with Gasteiger partial charge < -0.3 is 9.47 Å². The number of para-hydroxylation sites is 1. The van der Waals surface area contributed by atoms with E-state index in [1.165, 1.54) is 11.8 Å². The van der Waals surface area contributed by atoms with Crippen LogP contribution in [0.25, 0.3) is 11.4 Å². The van der Waals surface area contributed by atoms with Crippen molar-refractivity contribution in [3.05, 3.63) is 60.7 Å². The molecule has 0 aliphatic rings. The van der Waals surface area contributed by atoms with E-state index in [2.05, 4.69) is 17.1 Å². The average Bonchev–Trinajstić information content (AvgIpc) is 3.10. The highest BCUT2D eigenvalue weighted by atomic mass is 32.2. The summed E-state index contributed by atoms with van der Waals surface area (Å²) in [6.07, 6.45) is 0. The van der Waals surface area contributed by atoms with E-state index in [9.17, 15) is 4.79 Å². The van der Waals surface area contributed by atoms with Gasteiger partial charge >= 0.3 is 0 Å². The first-order chi connectivity index (χ1) is 12.6. The number of carbonyl (C=O) groups excluding carboxylic acids is 1. The van der Waals surface area contributed by atoms with E-state index in [-0.39, 0.29) is 11.2 Å². The fourth-order valence-corrected chi connectivity index (χ4v) is 3.73. The Kier molecular flexibility index (Phi) is 5.73. The summed E-state index contributed by atoms with van der Waals surface area (Å²) in [4.78, 5) is 14.5. The van der Waals surface area contributed by atoms with E-state index < -0.39 is 0 Å². The molecule has 5 nitrogen and oxygen atoms in total. The van der Waals surface area contributed by atoms with Gasteiger partial charge in [0.15, 0.2) is 11.0 Å². The summed E-state index contributed by atoms with van der Waals surface area (Å²) >= 11 is 1.44. The van der Waals surface area contributed by atoms with Crippen molar-refractivity contribution in [1.29, 1.82) is 0 Å². The van der Waals surface area contributed by atoms with E-state index >= 15 is 0 Å². The Hall–Kier alpha value is -2.60. The van der Waals surface area contributed by atoms with E-state index in [0.29, 0.717) is 0 Å². The molecule has 3 rings (SSSR count). The lowest BCUT2D eigenvalue weighted by Gasteiger charge is -2.21. The Morgan fingerprint density at radius 3 is 2.31 bits per heavy atom. The molecule has 0 spiro atoms. The molecule has 0 saturated carbocycles. The lowest BCUT2D eigenvalue weighted by atomic mass is 10.2. The smallest absolute Gasteiger partial charge is 0.240 e. The first kappa shape index (κ1) is 18.2. The van der Waals surface area contributed by atoms with E-state index in [1.54, 1.807) is 11.9 Å². The maximum absolute atomic E-state index is 12.8. The molecule has 1 atom stereocenters. The number of anilines is 1. The molecule has 1 heterocycles. The minimum absolute atomic E-state index is 0.0353. The van der Waals surface area contributed by atoms with Crippen LogP contribution in [0.1, 0.15) is 13.8 Å². The molecule has 0 N–H and O–H groups in total. The maximum atomic E-state index is 12.8. The zero-order chi connectivity index (χ0) is 18.5. The number of amides is 1. The number of benzene rings is 2. The topological polar surface area (TPSA) is 51.0 Å². The molecule has 0 bridgehead atoms. The Morgan fingerprint density at radius 2 is 1.69 bits per heavy atom. The summed E-state index contributed by atoms with van der Waals surface area (Å²) < 4.78 is 2.05. The molecule has 3 aromatic rings. The number of nitrogens with zero attached hydrogens (tertiary/aromatic N) is 4. The van der Waals surface area contributed by atoms with Gasteiger partial charge in [-0.05, 0) is 26.0 Å². The first-order valence-corrected chi connectivity index (χ1v) is 9.47. The largest absolute Gasteiger partial charge is 0.315 e. The molecule has 0 aliphatic heterocycles. The molecule has 0 fully saturated rings. The number of hydrogen-bond donors (Lipinski definition) is 0. The van der Waals surface area contributed by atoms with Crippen LogP contribution in [0.4, 0.5) is 5.69 Å². The normalized spacial score (nSPS) is 12.0. The highest BCUT2D eigenvalue weighted by molar-refractivity contribution is 8.00. The first-order valence-electron chi connectivity index (χ1n) is 8.59. The Bertz CT molecular complexity index is 864. The molecule has 0 saturated heterocycles. The van der Waals surface area contributed by atoms with Gasteiger partial charge in [0.1, 0.15) is 0 Å². The Morgan fingerprint density at radius 1 is 1.08 bits per heavy atom. The number of thioether (sulfide) groups is 1. The summed E-state index contributed by atoms with van der Waals surface area (Å²) in [5.74, 6) is 0.861. The fourth-order valence-electron chi connectivity index (χ4n) is 2.72. The van der Waals surface area contributed by atoms with Crippen molar-refractivity contribution in [2.75, 3.05) is 11.9 Å². The van der Waals surface area contributed by atoms with Gasteiger partial charge in [0.25, 0.3) is 0 Å². The van der Waals surface area contributed by atoms with Crippen LogP contribution in [-0.2, 0) is 11.3 Å². The Labute approximate surface area is 158 Å². The van der Waals surface area contributed by atoms with Crippen LogP contribution in [0.15, 0.2) is 65.8 Å². The molecule has 1 unspecified atom stereocenters. The van der Waals surface area contributed by atoms with Crippen LogP contribution >= 0.6 is 11.8 Å². The van der Waals surface area contributed by atoms with E-state index in [0.717, 1.165) is 28.8 Å². The second kappa shape index (κ2) is 8.19. The minimum atomic E-state index is -0.265. The van der Waals surface area contributed by atoms with Crippen LogP contribution in [0, 0.1) is 0 Å². The molecule has 134 valence electrons. The van der Waals surface area contributed by atoms with E-state index in [1.807, 2.05) is 72.2 Å². The third kappa shape index (κ3) is 3.80. The monoisotopic (exact) mass is 366 g/mol. The number of carbonyl (C=O) groups is 1. The van der Waals surface area contributed by atoms with Crippen LogP contribution in [0.5, 0.6) is 0 Å². The average molecular weight is 366 g/mol. The lowest BCUT2D eigenvalue weighted by Crippen LogP contribution is -2.33. The van der Waals surface area contributed by atoms with Crippen LogP contribution in [0.3, 0.4) is 0 Å². The van der Waals surface area contributed by atoms with Crippen molar-refractivity contribution in [2.45, 2.75) is 30.8 Å². The van der Waals surface area contributed by atoms with Gasteiger partial charge in [-0.2, -0.15) is 0 Å².